The molecule has 3 aromatic carbocycles. The van der Waals surface area contributed by atoms with Crippen LogP contribution in [0.4, 0.5) is 0 Å². The molecule has 3 nitrogen and oxygen atoms in total. The van der Waals surface area contributed by atoms with Crippen molar-refractivity contribution in [3.05, 3.63) is 76.8 Å². The van der Waals surface area contributed by atoms with Gasteiger partial charge in [-0.1, -0.05) is 60.1 Å². The minimum atomic E-state index is 0. The number of rotatable bonds is 7. The molecular formula is C20H20Cl2NO2-. The first-order valence-corrected chi connectivity index (χ1v) is 8.36. The van der Waals surface area contributed by atoms with E-state index in [2.05, 4.69) is 23.5 Å². The number of ether oxygens (including phenoxy) is 1. The third kappa shape index (κ3) is 4.86. The summed E-state index contributed by atoms with van der Waals surface area (Å²) in [7, 11) is 0. The van der Waals surface area contributed by atoms with Gasteiger partial charge in [0.05, 0.1) is 6.61 Å². The Bertz CT molecular complexity index is 824. The Labute approximate surface area is 159 Å². The lowest BCUT2D eigenvalue weighted by atomic mass is 10.0. The zero-order valence-electron chi connectivity index (χ0n) is 13.7. The lowest BCUT2D eigenvalue weighted by Crippen LogP contribution is -3.00. The molecule has 0 atom stereocenters. The van der Waals surface area contributed by atoms with Crippen LogP contribution in [-0.4, -0.2) is 18.3 Å². The first-order valence-electron chi connectivity index (χ1n) is 7.98. The molecule has 0 fully saturated rings. The van der Waals surface area contributed by atoms with Crippen molar-refractivity contribution >= 4 is 22.4 Å². The minimum absolute atomic E-state index is 0. The van der Waals surface area contributed by atoms with Crippen molar-refractivity contribution in [1.82, 2.24) is 5.32 Å². The van der Waals surface area contributed by atoms with Crippen LogP contribution in [0, 0.1) is 0 Å². The highest BCUT2D eigenvalue weighted by Crippen LogP contribution is 2.29. The van der Waals surface area contributed by atoms with Gasteiger partial charge in [-0.2, -0.15) is 0 Å². The number of benzene rings is 3. The fourth-order valence-corrected chi connectivity index (χ4v) is 2.89. The van der Waals surface area contributed by atoms with Crippen molar-refractivity contribution in [3.63, 3.8) is 0 Å². The van der Waals surface area contributed by atoms with Crippen LogP contribution >= 0.6 is 11.6 Å². The molecule has 0 saturated carbocycles. The molecule has 0 unspecified atom stereocenters. The van der Waals surface area contributed by atoms with Crippen molar-refractivity contribution in [1.29, 1.82) is 0 Å². The van der Waals surface area contributed by atoms with Crippen molar-refractivity contribution < 1.29 is 22.3 Å². The molecule has 0 amide bonds. The van der Waals surface area contributed by atoms with Gasteiger partial charge in [-0.3, -0.25) is 0 Å². The first kappa shape index (κ1) is 19.5. The molecule has 0 aromatic heterocycles. The number of hydrogen-bond donors (Lipinski definition) is 2. The average molecular weight is 377 g/mol. The van der Waals surface area contributed by atoms with Gasteiger partial charge in [0.1, 0.15) is 12.4 Å². The molecule has 0 aliphatic carbocycles. The Morgan fingerprint density at radius 3 is 2.52 bits per heavy atom. The fraction of sp³-hybridized carbons (Fsp3) is 0.200. The topological polar surface area (TPSA) is 41.5 Å². The summed E-state index contributed by atoms with van der Waals surface area (Å²) in [6.45, 7) is 1.72. The molecule has 0 heterocycles. The van der Waals surface area contributed by atoms with Gasteiger partial charge < -0.3 is 27.6 Å². The van der Waals surface area contributed by atoms with E-state index >= 15 is 0 Å². The highest BCUT2D eigenvalue weighted by molar-refractivity contribution is 6.31. The van der Waals surface area contributed by atoms with Crippen LogP contribution in [0.25, 0.3) is 10.8 Å². The average Bonchev–Trinajstić information content (AvgIpc) is 2.62. The molecule has 0 radical (unpaired) electrons. The van der Waals surface area contributed by atoms with E-state index in [1.165, 1.54) is 5.39 Å². The highest BCUT2D eigenvalue weighted by atomic mass is 35.5. The highest BCUT2D eigenvalue weighted by Gasteiger charge is 2.09. The molecule has 0 aliphatic heterocycles. The molecule has 25 heavy (non-hydrogen) atoms. The normalized spacial score (nSPS) is 10.5. The quantitative estimate of drug-likeness (QED) is 0.608. The van der Waals surface area contributed by atoms with E-state index in [0.29, 0.717) is 24.7 Å². The van der Waals surface area contributed by atoms with Gasteiger partial charge in [-0.25, -0.2) is 0 Å². The molecular weight excluding hydrogens is 357 g/mol. The molecule has 0 spiro atoms. The van der Waals surface area contributed by atoms with E-state index < -0.39 is 0 Å². The third-order valence-electron chi connectivity index (χ3n) is 3.93. The summed E-state index contributed by atoms with van der Waals surface area (Å²) in [5.41, 5.74) is 2.05. The second-order valence-corrected chi connectivity index (χ2v) is 5.95. The summed E-state index contributed by atoms with van der Waals surface area (Å²) in [6.07, 6.45) is 0. The zero-order valence-corrected chi connectivity index (χ0v) is 15.2. The van der Waals surface area contributed by atoms with E-state index in [1.54, 1.807) is 0 Å². The molecule has 3 rings (SSSR count). The second-order valence-electron chi connectivity index (χ2n) is 5.54. The molecule has 132 valence electrons. The lowest BCUT2D eigenvalue weighted by Gasteiger charge is -2.15. The van der Waals surface area contributed by atoms with E-state index in [4.69, 9.17) is 21.4 Å². The molecule has 5 heteroatoms. The van der Waals surface area contributed by atoms with Gasteiger partial charge in [0, 0.05) is 29.2 Å². The first-order chi connectivity index (χ1) is 11.8. The van der Waals surface area contributed by atoms with Crippen molar-refractivity contribution in [2.75, 3.05) is 13.2 Å². The van der Waals surface area contributed by atoms with E-state index in [0.717, 1.165) is 22.3 Å². The van der Waals surface area contributed by atoms with Gasteiger partial charge in [-0.15, -0.1) is 0 Å². The maximum atomic E-state index is 9.00. The second kappa shape index (κ2) is 9.64. The number of nitrogens with one attached hydrogen (secondary N) is 1. The number of aliphatic hydroxyl groups excluding tert-OH is 1. The number of aliphatic hydroxyl groups is 1. The zero-order chi connectivity index (χ0) is 16.8. The van der Waals surface area contributed by atoms with Crippen LogP contribution in [0.2, 0.25) is 5.02 Å². The third-order valence-corrected chi connectivity index (χ3v) is 4.30. The minimum Gasteiger partial charge on any atom is -1.00 e. The summed E-state index contributed by atoms with van der Waals surface area (Å²) in [4.78, 5) is 0. The van der Waals surface area contributed by atoms with E-state index in [1.807, 2.05) is 42.5 Å². The smallest absolute Gasteiger partial charge is 0.124 e. The van der Waals surface area contributed by atoms with Crippen LogP contribution in [0.3, 0.4) is 0 Å². The maximum absolute atomic E-state index is 9.00. The van der Waals surface area contributed by atoms with Crippen molar-refractivity contribution in [2.45, 2.75) is 13.2 Å². The predicted molar refractivity (Wildman–Crippen MR) is 98.5 cm³/mol. The standard InChI is InChI=1S/C20H20ClNO2.ClH/c21-19-8-4-2-6-16(19)14-24-20-10-9-15-5-1-3-7-17(15)18(20)13-22-11-12-23;/h1-10,22-23H,11-14H2;1H/p-1. The number of halogens is 2. The van der Waals surface area contributed by atoms with E-state index in [-0.39, 0.29) is 19.0 Å². The number of fused-ring (bicyclic) bond motifs is 1. The van der Waals surface area contributed by atoms with Gasteiger partial charge in [0.15, 0.2) is 0 Å². The molecule has 2 N–H and O–H groups in total. The summed E-state index contributed by atoms with van der Waals surface area (Å²) >= 11 is 6.21. The van der Waals surface area contributed by atoms with Crippen LogP contribution in [-0.2, 0) is 13.2 Å². The Morgan fingerprint density at radius 1 is 0.960 bits per heavy atom. The van der Waals surface area contributed by atoms with Gasteiger partial charge in [0.2, 0.25) is 0 Å². The molecule has 0 bridgehead atoms. The lowest BCUT2D eigenvalue weighted by molar-refractivity contribution is -0.00000606. The Balaban J connectivity index is 0.00000225. The monoisotopic (exact) mass is 376 g/mol. The van der Waals surface area contributed by atoms with E-state index in [9.17, 15) is 0 Å². The Kier molecular flexibility index (Phi) is 7.53. The SMILES string of the molecule is OCCNCc1c(OCc2ccccc2Cl)ccc2ccccc12.[Cl-]. The molecule has 0 aliphatic rings. The predicted octanol–water partition coefficient (Wildman–Crippen LogP) is 1.16. The largest absolute Gasteiger partial charge is 1.00 e. The molecule has 3 aromatic rings. The van der Waals surface area contributed by atoms with Gasteiger partial charge in [-0.05, 0) is 22.9 Å². The van der Waals surface area contributed by atoms with Crippen molar-refractivity contribution in [2.24, 2.45) is 0 Å². The van der Waals surface area contributed by atoms with Gasteiger partial charge in [0.25, 0.3) is 0 Å². The summed E-state index contributed by atoms with van der Waals surface area (Å²) in [5, 5.41) is 15.3. The van der Waals surface area contributed by atoms with Crippen LogP contribution in [0.5, 0.6) is 5.75 Å². The van der Waals surface area contributed by atoms with Crippen LogP contribution in [0.1, 0.15) is 11.1 Å². The molecule has 0 saturated heterocycles. The van der Waals surface area contributed by atoms with Gasteiger partial charge >= 0.3 is 0 Å². The summed E-state index contributed by atoms with van der Waals surface area (Å²) < 4.78 is 6.06. The van der Waals surface area contributed by atoms with Crippen molar-refractivity contribution in [3.8, 4) is 5.75 Å². The fourth-order valence-electron chi connectivity index (χ4n) is 2.70. The summed E-state index contributed by atoms with van der Waals surface area (Å²) in [6, 6.07) is 20.0. The Hall–Kier alpha value is -1.78. The van der Waals surface area contributed by atoms with Crippen LogP contribution in [0.15, 0.2) is 60.7 Å². The summed E-state index contributed by atoms with van der Waals surface area (Å²) in [5.74, 6) is 0.832. The number of hydrogen-bond acceptors (Lipinski definition) is 3. The maximum Gasteiger partial charge on any atom is 0.124 e. The van der Waals surface area contributed by atoms with Crippen LogP contribution < -0.4 is 22.5 Å². The Morgan fingerprint density at radius 2 is 1.72 bits per heavy atom.